The summed E-state index contributed by atoms with van der Waals surface area (Å²) in [5.41, 5.74) is 2.25. The maximum absolute atomic E-state index is 11.4. The third kappa shape index (κ3) is 2.06. The Morgan fingerprint density at radius 2 is 2.11 bits per heavy atom. The molecule has 0 aliphatic heterocycles. The highest BCUT2D eigenvalue weighted by molar-refractivity contribution is 6.29. The summed E-state index contributed by atoms with van der Waals surface area (Å²) in [5, 5.41) is 4.58. The third-order valence-corrected chi connectivity index (χ3v) is 2.83. The van der Waals surface area contributed by atoms with Crippen molar-refractivity contribution in [1.82, 2.24) is 24.6 Å². The van der Waals surface area contributed by atoms with Gasteiger partial charge >= 0.3 is 0 Å². The second-order valence-corrected chi connectivity index (χ2v) is 4.30. The molecule has 0 aliphatic carbocycles. The molecule has 0 bridgehead atoms. The van der Waals surface area contributed by atoms with Gasteiger partial charge in [0.15, 0.2) is 11.4 Å². The lowest BCUT2D eigenvalue weighted by atomic mass is 10.3. The van der Waals surface area contributed by atoms with Crippen molar-refractivity contribution in [3.63, 3.8) is 0 Å². The average Bonchev–Trinajstić information content (AvgIpc) is 2.81. The van der Waals surface area contributed by atoms with Crippen molar-refractivity contribution in [3.05, 3.63) is 41.6 Å². The second-order valence-electron chi connectivity index (χ2n) is 3.91. The Labute approximate surface area is 113 Å². The number of nitrogens with zero attached hydrogens (tertiary/aromatic N) is 5. The first-order chi connectivity index (χ1) is 9.15. The van der Waals surface area contributed by atoms with E-state index in [1.807, 2.05) is 0 Å². The number of hydrogen-bond acceptors (Lipinski definition) is 5. The largest absolute Gasteiger partial charge is 0.293 e. The number of carbonyl (C=O) groups excluding carboxylic acids is 1. The van der Waals surface area contributed by atoms with E-state index in [1.54, 1.807) is 28.9 Å². The molecule has 3 heterocycles. The van der Waals surface area contributed by atoms with Crippen molar-refractivity contribution >= 4 is 23.0 Å². The minimum absolute atomic E-state index is 0.109. The lowest BCUT2D eigenvalue weighted by molar-refractivity contribution is 0.101. The second kappa shape index (κ2) is 4.40. The summed E-state index contributed by atoms with van der Waals surface area (Å²) in [6.45, 7) is 1.46. The van der Waals surface area contributed by atoms with Crippen LogP contribution in [0, 0.1) is 0 Å². The molecule has 0 fully saturated rings. The molecule has 0 unspecified atom stereocenters. The molecule has 7 heteroatoms. The lowest BCUT2D eigenvalue weighted by Crippen LogP contribution is -2.03. The summed E-state index contributed by atoms with van der Waals surface area (Å²) in [7, 11) is 0. The summed E-state index contributed by atoms with van der Waals surface area (Å²) >= 11 is 5.84. The average molecular weight is 274 g/mol. The van der Waals surface area contributed by atoms with Gasteiger partial charge in [-0.05, 0) is 12.1 Å². The molecule has 3 rings (SSSR count). The van der Waals surface area contributed by atoms with Crippen LogP contribution >= 0.6 is 11.6 Å². The molecule has 0 saturated heterocycles. The molecule has 0 saturated carbocycles. The molecule has 3 aromatic rings. The Morgan fingerprint density at radius 1 is 1.26 bits per heavy atom. The highest BCUT2D eigenvalue weighted by Gasteiger charge is 2.11. The normalized spacial score (nSPS) is 10.8. The minimum atomic E-state index is -0.109. The van der Waals surface area contributed by atoms with Gasteiger partial charge in [0, 0.05) is 13.0 Å². The molecule has 0 aromatic carbocycles. The smallest absolute Gasteiger partial charge is 0.179 e. The van der Waals surface area contributed by atoms with Gasteiger partial charge in [0.05, 0.1) is 11.9 Å². The van der Waals surface area contributed by atoms with E-state index in [4.69, 9.17) is 11.6 Å². The van der Waals surface area contributed by atoms with Gasteiger partial charge in [0.1, 0.15) is 22.9 Å². The predicted octanol–water partition coefficient (Wildman–Crippen LogP) is 2.04. The van der Waals surface area contributed by atoms with Crippen LogP contribution in [-0.4, -0.2) is 30.3 Å². The predicted molar refractivity (Wildman–Crippen MR) is 69.0 cm³/mol. The number of rotatable bonds is 2. The summed E-state index contributed by atoms with van der Waals surface area (Å²) in [5.74, 6) is -0.109. The molecule has 94 valence electrons. The maximum atomic E-state index is 11.4. The molecular weight excluding hydrogens is 266 g/mol. The molecular formula is C12H8ClN5O. The molecule has 0 radical (unpaired) electrons. The van der Waals surface area contributed by atoms with Crippen LogP contribution in [-0.2, 0) is 0 Å². The van der Waals surface area contributed by atoms with Crippen molar-refractivity contribution in [3.8, 4) is 11.4 Å². The first kappa shape index (κ1) is 11.7. The quantitative estimate of drug-likeness (QED) is 0.528. The number of halogens is 1. The van der Waals surface area contributed by atoms with Crippen LogP contribution in [0.1, 0.15) is 17.4 Å². The Balaban J connectivity index is 2.24. The highest BCUT2D eigenvalue weighted by atomic mass is 35.5. The van der Waals surface area contributed by atoms with Crippen LogP contribution < -0.4 is 0 Å². The van der Waals surface area contributed by atoms with Gasteiger partial charge in [-0.2, -0.15) is 5.10 Å². The van der Waals surface area contributed by atoms with E-state index in [9.17, 15) is 4.79 Å². The van der Waals surface area contributed by atoms with E-state index in [1.165, 1.54) is 13.3 Å². The minimum Gasteiger partial charge on any atom is -0.293 e. The van der Waals surface area contributed by atoms with Gasteiger partial charge in [-0.15, -0.1) is 0 Å². The van der Waals surface area contributed by atoms with Crippen LogP contribution in [0.15, 0.2) is 30.7 Å². The van der Waals surface area contributed by atoms with Gasteiger partial charge in [0.25, 0.3) is 0 Å². The van der Waals surface area contributed by atoms with Crippen molar-refractivity contribution in [2.24, 2.45) is 0 Å². The number of aromatic nitrogens is 5. The SMILES string of the molecule is CC(=O)c1ccc2ncc(-c3cc(Cl)ncn3)n2n1. The van der Waals surface area contributed by atoms with Crippen LogP contribution in [0.4, 0.5) is 0 Å². The third-order valence-electron chi connectivity index (χ3n) is 2.62. The zero-order chi connectivity index (χ0) is 13.4. The highest BCUT2D eigenvalue weighted by Crippen LogP contribution is 2.19. The van der Waals surface area contributed by atoms with Crippen molar-refractivity contribution in [2.45, 2.75) is 6.92 Å². The number of carbonyl (C=O) groups is 1. The topological polar surface area (TPSA) is 73.0 Å². The number of hydrogen-bond donors (Lipinski definition) is 0. The molecule has 3 aromatic heterocycles. The van der Waals surface area contributed by atoms with E-state index in [-0.39, 0.29) is 5.78 Å². The summed E-state index contributed by atoms with van der Waals surface area (Å²) in [4.78, 5) is 23.5. The van der Waals surface area contributed by atoms with Crippen molar-refractivity contribution < 1.29 is 4.79 Å². The van der Waals surface area contributed by atoms with Crippen LogP contribution in [0.3, 0.4) is 0 Å². The van der Waals surface area contributed by atoms with Crippen molar-refractivity contribution in [2.75, 3.05) is 0 Å². The molecule has 19 heavy (non-hydrogen) atoms. The number of Topliss-reactive ketones (excluding diaryl/α,β-unsaturated/α-hetero) is 1. The molecule has 6 nitrogen and oxygen atoms in total. The van der Waals surface area contributed by atoms with E-state index in [2.05, 4.69) is 20.1 Å². The zero-order valence-corrected chi connectivity index (χ0v) is 10.7. The molecule has 0 aliphatic rings. The van der Waals surface area contributed by atoms with Gasteiger partial charge in [0.2, 0.25) is 0 Å². The fourth-order valence-corrected chi connectivity index (χ4v) is 1.86. The van der Waals surface area contributed by atoms with Gasteiger partial charge < -0.3 is 0 Å². The Kier molecular flexibility index (Phi) is 2.72. The fourth-order valence-electron chi connectivity index (χ4n) is 1.71. The molecule has 0 amide bonds. The summed E-state index contributed by atoms with van der Waals surface area (Å²) in [6.07, 6.45) is 3.00. The molecule has 0 atom stereocenters. The Bertz CT molecular complexity index is 783. The number of ketones is 1. The van der Waals surface area contributed by atoms with Gasteiger partial charge in [-0.1, -0.05) is 11.6 Å². The first-order valence-electron chi connectivity index (χ1n) is 5.49. The van der Waals surface area contributed by atoms with Crippen LogP contribution in [0.5, 0.6) is 0 Å². The van der Waals surface area contributed by atoms with Gasteiger partial charge in [-0.25, -0.2) is 19.5 Å². The fraction of sp³-hybridized carbons (Fsp3) is 0.0833. The zero-order valence-electron chi connectivity index (χ0n) is 9.91. The van der Waals surface area contributed by atoms with Gasteiger partial charge in [-0.3, -0.25) is 4.79 Å². The van der Waals surface area contributed by atoms with E-state index in [0.29, 0.717) is 27.9 Å². The maximum Gasteiger partial charge on any atom is 0.179 e. The summed E-state index contributed by atoms with van der Waals surface area (Å²) in [6, 6.07) is 4.99. The first-order valence-corrected chi connectivity index (χ1v) is 5.86. The number of imidazole rings is 1. The van der Waals surface area contributed by atoms with E-state index >= 15 is 0 Å². The van der Waals surface area contributed by atoms with Crippen LogP contribution in [0.25, 0.3) is 17.0 Å². The molecule has 0 N–H and O–H groups in total. The van der Waals surface area contributed by atoms with E-state index < -0.39 is 0 Å². The Hall–Kier alpha value is -2.34. The summed E-state index contributed by atoms with van der Waals surface area (Å²) < 4.78 is 1.56. The standard InChI is InChI=1S/C12H8ClN5O/c1-7(19)8-2-3-12-14-5-10(18(12)17-8)9-4-11(13)16-6-15-9/h2-6H,1H3. The number of fused-ring (bicyclic) bond motifs is 1. The van der Waals surface area contributed by atoms with Crippen LogP contribution in [0.2, 0.25) is 5.15 Å². The lowest BCUT2D eigenvalue weighted by Gasteiger charge is -2.01. The van der Waals surface area contributed by atoms with E-state index in [0.717, 1.165) is 0 Å². The monoisotopic (exact) mass is 273 g/mol. The van der Waals surface area contributed by atoms with Crippen molar-refractivity contribution in [1.29, 1.82) is 0 Å². The Morgan fingerprint density at radius 3 is 2.84 bits per heavy atom. The molecule has 0 spiro atoms.